The zero-order valence-corrected chi connectivity index (χ0v) is 40.7. The topological polar surface area (TPSA) is 181 Å². The third kappa shape index (κ3) is 30.3. The Kier molecular flexibility index (Phi) is 33.9. The first-order chi connectivity index (χ1) is 30.1. The summed E-state index contributed by atoms with van der Waals surface area (Å²) in [5.41, 5.74) is 0. The fraction of sp³-hybridized carbons (Fsp3) is 0.915. The smallest absolute Gasteiger partial charge is 0.462 e. The van der Waals surface area contributed by atoms with Crippen LogP contribution in [0.5, 0.6) is 0 Å². The van der Waals surface area contributed by atoms with Crippen LogP contribution in [0.4, 0.5) is 4.79 Å². The molecule has 5 atom stereocenters. The van der Waals surface area contributed by atoms with Crippen molar-refractivity contribution in [1.82, 2.24) is 16.0 Å². The second-order valence-corrected chi connectivity index (χ2v) is 20.4. The number of thioether (sulfide) groups is 1. The predicted octanol–water partition coefficient (Wildman–Crippen LogP) is 11.1. The van der Waals surface area contributed by atoms with Crippen LogP contribution in [0, 0.1) is 0 Å². The van der Waals surface area contributed by atoms with Crippen LogP contribution >= 0.6 is 19.6 Å². The van der Waals surface area contributed by atoms with E-state index in [1.807, 2.05) is 11.8 Å². The van der Waals surface area contributed by atoms with Gasteiger partial charge in [0.1, 0.15) is 13.2 Å². The van der Waals surface area contributed by atoms with Gasteiger partial charge >= 0.3 is 25.8 Å². The molecule has 3 unspecified atom stereocenters. The van der Waals surface area contributed by atoms with Gasteiger partial charge in [-0.1, -0.05) is 174 Å². The number of fused-ring (bicyclic) bond motifs is 1. The summed E-state index contributed by atoms with van der Waals surface area (Å²) in [5, 5.41) is 8.99. The first-order valence-electron chi connectivity index (χ1n) is 25.1. The molecule has 0 aromatic carbocycles. The van der Waals surface area contributed by atoms with Crippen LogP contribution < -0.4 is 16.0 Å². The lowest BCUT2D eigenvalue weighted by molar-refractivity contribution is -0.161. The van der Waals surface area contributed by atoms with E-state index in [1.165, 1.54) is 122 Å². The van der Waals surface area contributed by atoms with E-state index < -0.39 is 32.5 Å². The number of urea groups is 1. The molecule has 0 aromatic rings. The molecule has 0 spiro atoms. The number of unbranched alkanes of at least 4 members (excludes halogenated alkanes) is 25. The zero-order chi connectivity index (χ0) is 44.9. The Labute approximate surface area is 380 Å². The molecule has 0 saturated carbocycles. The molecule has 2 saturated heterocycles. The molecule has 2 rings (SSSR count). The van der Waals surface area contributed by atoms with Gasteiger partial charge in [0.2, 0.25) is 5.91 Å². The third-order valence-corrected chi connectivity index (χ3v) is 14.4. The van der Waals surface area contributed by atoms with E-state index in [0.29, 0.717) is 24.5 Å². The molecule has 2 heterocycles. The van der Waals surface area contributed by atoms with Crippen LogP contribution in [-0.2, 0) is 37.5 Å². The first kappa shape index (κ1) is 56.3. The summed E-state index contributed by atoms with van der Waals surface area (Å²) in [6, 6.07) is 0.217. The normalized spacial score (nSPS) is 18.4. The van der Waals surface area contributed by atoms with Crippen molar-refractivity contribution in [3.05, 3.63) is 0 Å². The van der Waals surface area contributed by atoms with Gasteiger partial charge in [-0.05, 0) is 25.7 Å². The summed E-state index contributed by atoms with van der Waals surface area (Å²) >= 11 is 1.85. The molecule has 2 fully saturated rings. The Bertz CT molecular complexity index is 1230. The largest absolute Gasteiger partial charge is 0.634 e. The highest BCUT2D eigenvalue weighted by molar-refractivity contribution is 8.00. The van der Waals surface area contributed by atoms with E-state index in [0.717, 1.165) is 57.1 Å². The fourth-order valence-electron chi connectivity index (χ4n) is 8.13. The van der Waals surface area contributed by atoms with Crippen molar-refractivity contribution < 1.29 is 47.2 Å². The molecule has 0 radical (unpaired) electrons. The van der Waals surface area contributed by atoms with Crippen LogP contribution in [-0.4, -0.2) is 84.3 Å². The minimum absolute atomic E-state index is 0.0549. The molecule has 2 aliphatic heterocycles. The first-order valence-corrected chi connectivity index (χ1v) is 27.7. The van der Waals surface area contributed by atoms with E-state index in [1.54, 1.807) is 0 Å². The molecule has 15 heteroatoms. The third-order valence-electron chi connectivity index (χ3n) is 11.9. The lowest BCUT2D eigenvalue weighted by atomic mass is 10.0. The molecule has 2 aliphatic rings. The van der Waals surface area contributed by atoms with E-state index in [2.05, 4.69) is 29.8 Å². The van der Waals surface area contributed by atoms with E-state index >= 15 is 0 Å². The molecule has 62 heavy (non-hydrogen) atoms. The Balaban J connectivity index is 1.64. The summed E-state index contributed by atoms with van der Waals surface area (Å²) in [5.74, 6) is -0.113. The van der Waals surface area contributed by atoms with Gasteiger partial charge < -0.3 is 30.3 Å². The van der Waals surface area contributed by atoms with Crippen molar-refractivity contribution in [3.8, 4) is 0 Å². The summed E-state index contributed by atoms with van der Waals surface area (Å²) in [6.07, 6.45) is 33.6. The maximum absolute atomic E-state index is 12.8. The van der Waals surface area contributed by atoms with Crippen molar-refractivity contribution in [2.45, 2.75) is 243 Å². The Morgan fingerprint density at radius 1 is 0.661 bits per heavy atom. The Morgan fingerprint density at radius 3 is 1.68 bits per heavy atom. The molecular formula is C47H89N3O10PS+. The summed E-state index contributed by atoms with van der Waals surface area (Å²) in [4.78, 5) is 57.4. The molecule has 13 nitrogen and oxygen atoms in total. The van der Waals surface area contributed by atoms with Gasteiger partial charge in [-0.2, -0.15) is 16.3 Å². The average Bonchev–Trinajstić information content (AvgIpc) is 3.81. The number of hydrogen-bond acceptors (Lipinski definition) is 10. The molecule has 362 valence electrons. The number of nitrogens with one attached hydrogen (secondary N) is 3. The number of esters is 2. The van der Waals surface area contributed by atoms with Gasteiger partial charge in [0.05, 0.1) is 18.7 Å². The summed E-state index contributed by atoms with van der Waals surface area (Å²) in [6.45, 7) is 3.66. The number of rotatable bonds is 43. The van der Waals surface area contributed by atoms with Gasteiger partial charge in [-0.3, -0.25) is 14.4 Å². The molecule has 0 bridgehead atoms. The van der Waals surface area contributed by atoms with Crippen molar-refractivity contribution in [3.63, 3.8) is 0 Å². The summed E-state index contributed by atoms with van der Waals surface area (Å²) in [7, 11) is -4.31. The second kappa shape index (κ2) is 37.4. The molecular weight excluding hydrogens is 830 g/mol. The maximum atomic E-state index is 12.8. The van der Waals surface area contributed by atoms with Crippen molar-refractivity contribution in [1.29, 1.82) is 0 Å². The number of carbonyl (C=O) groups excluding carboxylic acids is 4. The lowest BCUT2D eigenvalue weighted by Crippen LogP contribution is -2.36. The molecule has 0 aromatic heterocycles. The van der Waals surface area contributed by atoms with Crippen LogP contribution in [0.3, 0.4) is 0 Å². The number of carbonyl (C=O) groups is 4. The average molecular weight is 919 g/mol. The quantitative estimate of drug-likeness (QED) is 0.0175. The van der Waals surface area contributed by atoms with Gasteiger partial charge in [0.15, 0.2) is 6.10 Å². The second-order valence-electron chi connectivity index (χ2n) is 17.6. The molecule has 5 N–H and O–H groups in total. The van der Waals surface area contributed by atoms with Crippen LogP contribution in [0.25, 0.3) is 0 Å². The number of ether oxygens (including phenoxy) is 2. The molecule has 0 aliphatic carbocycles. The van der Waals surface area contributed by atoms with Crippen LogP contribution in [0.2, 0.25) is 0 Å². The number of hydrogen-bond donors (Lipinski definition) is 3. The zero-order valence-electron chi connectivity index (χ0n) is 39.0. The minimum Gasteiger partial charge on any atom is -0.462 e. The maximum Gasteiger partial charge on any atom is 0.634 e. The monoisotopic (exact) mass is 919 g/mol. The van der Waals surface area contributed by atoms with E-state index in [4.69, 9.17) is 23.4 Å². The van der Waals surface area contributed by atoms with Gasteiger partial charge in [0, 0.05) is 36.8 Å². The molecule has 3 amide bonds. The Hall–Kier alpha value is -1.86. The van der Waals surface area contributed by atoms with E-state index in [9.17, 15) is 23.7 Å². The lowest BCUT2D eigenvalue weighted by Gasteiger charge is -2.18. The van der Waals surface area contributed by atoms with Crippen LogP contribution in [0.15, 0.2) is 0 Å². The van der Waals surface area contributed by atoms with Gasteiger partial charge in [0.25, 0.3) is 0 Å². The summed E-state index contributed by atoms with van der Waals surface area (Å²) < 4.78 is 34.3. The van der Waals surface area contributed by atoms with Crippen molar-refractivity contribution in [2.24, 2.45) is 0 Å². The van der Waals surface area contributed by atoms with E-state index in [-0.39, 0.29) is 56.6 Å². The van der Waals surface area contributed by atoms with Crippen molar-refractivity contribution in [2.75, 3.05) is 32.1 Å². The predicted molar refractivity (Wildman–Crippen MR) is 252 cm³/mol. The highest BCUT2D eigenvalue weighted by atomic mass is 32.2. The minimum atomic E-state index is -4.31. The van der Waals surface area contributed by atoms with Crippen molar-refractivity contribution >= 4 is 43.5 Å². The highest BCUT2D eigenvalue weighted by Gasteiger charge is 2.42. The SMILES string of the molecule is CCCCCCCCCCCCCCCC(=O)OCC(COP(=O)([OH2+])OCCNC(=O)CCCCC1SC[C@H]2NC(=O)N[C@@H]12)OC(=O)CCCCCCCCCCCCCCC. The standard InChI is InChI=1S/C47H88N3O10PS/c1-3-5-7-9-11-13-15-17-19-21-23-25-27-33-44(52)57-37-40(60-45(53)34-28-26-24-22-20-18-16-14-12-10-8-6-4-2)38-59-61(55,56)58-36-35-48-43(51)32-30-29-31-42-46-41(39-62-42)49-47(54)50-46/h40-42,46H,3-39H2,1-2H3,(H,48,51)(H,55,56)(H2,49,50,54)/p+1/t40?,41-,42?,46-/m1/s1. The van der Waals surface area contributed by atoms with Gasteiger partial charge in [-0.15, -0.1) is 0 Å². The fourth-order valence-corrected chi connectivity index (χ4v) is 10.4. The Morgan fingerprint density at radius 2 is 1.15 bits per heavy atom. The highest BCUT2D eigenvalue weighted by Crippen LogP contribution is 2.43. The van der Waals surface area contributed by atoms with Crippen LogP contribution in [0.1, 0.15) is 219 Å². The number of amides is 3. The van der Waals surface area contributed by atoms with Gasteiger partial charge in [-0.25, -0.2) is 13.8 Å².